The first kappa shape index (κ1) is 13.0. The fourth-order valence-electron chi connectivity index (χ4n) is 4.03. The molecule has 3 fully saturated rings. The van der Waals surface area contributed by atoms with Gasteiger partial charge < -0.3 is 9.64 Å². The lowest BCUT2D eigenvalue weighted by molar-refractivity contribution is -0.127. The maximum absolute atomic E-state index is 12.4. The van der Waals surface area contributed by atoms with Crippen molar-refractivity contribution in [2.75, 3.05) is 20.1 Å². The van der Waals surface area contributed by atoms with Crippen molar-refractivity contribution in [1.82, 2.24) is 9.80 Å². The molecule has 0 unspecified atom stereocenters. The third-order valence-electron chi connectivity index (χ3n) is 5.01. The first-order valence-electron chi connectivity index (χ1n) is 7.63. The molecule has 0 spiro atoms. The highest BCUT2D eigenvalue weighted by molar-refractivity contribution is 5.92. The van der Waals surface area contributed by atoms with E-state index in [0.29, 0.717) is 12.1 Å². The number of nitrogens with zero attached hydrogens (tertiary/aromatic N) is 2. The van der Waals surface area contributed by atoms with Crippen molar-refractivity contribution in [3.63, 3.8) is 0 Å². The number of rotatable bonds is 3. The molecule has 21 heavy (non-hydrogen) atoms. The van der Waals surface area contributed by atoms with Crippen molar-refractivity contribution in [2.24, 2.45) is 0 Å². The number of ether oxygens (including phenoxy) is 1. The monoisotopic (exact) mass is 284 g/mol. The minimum absolute atomic E-state index is 0.0619. The van der Waals surface area contributed by atoms with Crippen LogP contribution in [0.5, 0.6) is 0 Å². The average molecular weight is 284 g/mol. The molecule has 4 atom stereocenters. The highest BCUT2D eigenvalue weighted by Crippen LogP contribution is 2.41. The summed E-state index contributed by atoms with van der Waals surface area (Å²) in [5.74, 6) is 0.0619. The molecule has 4 nitrogen and oxygen atoms in total. The minimum atomic E-state index is 0.0619. The molecule has 0 radical (unpaired) electrons. The predicted octanol–water partition coefficient (Wildman–Crippen LogP) is 1.38. The molecule has 0 N–H and O–H groups in total. The summed E-state index contributed by atoms with van der Waals surface area (Å²) in [6.07, 6.45) is 5.19. The van der Waals surface area contributed by atoms with Gasteiger partial charge >= 0.3 is 0 Å². The van der Waals surface area contributed by atoms with E-state index in [1.807, 2.05) is 48.4 Å². The summed E-state index contributed by atoms with van der Waals surface area (Å²) >= 11 is 0. The Morgan fingerprint density at radius 3 is 2.90 bits per heavy atom. The molecule has 0 saturated carbocycles. The lowest BCUT2D eigenvalue weighted by Crippen LogP contribution is -2.45. The molecular weight excluding hydrogens is 264 g/mol. The van der Waals surface area contributed by atoms with Crippen LogP contribution in [0, 0.1) is 0 Å². The average Bonchev–Trinajstić information content (AvgIpc) is 3.11. The van der Waals surface area contributed by atoms with Gasteiger partial charge in [0.15, 0.2) is 0 Å². The van der Waals surface area contributed by atoms with E-state index in [1.54, 1.807) is 6.08 Å². The van der Waals surface area contributed by atoms with Crippen LogP contribution in [0.25, 0.3) is 6.08 Å². The van der Waals surface area contributed by atoms with E-state index in [4.69, 9.17) is 4.74 Å². The lowest BCUT2D eigenvalue weighted by atomic mass is 10.1. The fourth-order valence-corrected chi connectivity index (χ4v) is 4.03. The molecule has 2 bridgehead atoms. The Balaban J connectivity index is 1.47. The van der Waals surface area contributed by atoms with E-state index < -0.39 is 0 Å². The molecule has 3 saturated heterocycles. The summed E-state index contributed by atoms with van der Waals surface area (Å²) in [6, 6.07) is 10.5. The second kappa shape index (κ2) is 4.97. The van der Waals surface area contributed by atoms with Crippen LogP contribution in [0.4, 0.5) is 0 Å². The van der Waals surface area contributed by atoms with Crippen LogP contribution in [-0.4, -0.2) is 60.1 Å². The number of morpholine rings is 1. The molecule has 3 heterocycles. The van der Waals surface area contributed by atoms with Crippen molar-refractivity contribution >= 4 is 12.0 Å². The predicted molar refractivity (Wildman–Crippen MR) is 80.7 cm³/mol. The molecule has 110 valence electrons. The van der Waals surface area contributed by atoms with Gasteiger partial charge in [-0.15, -0.1) is 0 Å². The highest BCUT2D eigenvalue weighted by atomic mass is 16.5. The zero-order valence-corrected chi connectivity index (χ0v) is 12.2. The quantitative estimate of drug-likeness (QED) is 0.786. The zero-order chi connectivity index (χ0) is 14.4. The number of hydrogen-bond donors (Lipinski definition) is 0. The van der Waals surface area contributed by atoms with Crippen molar-refractivity contribution < 1.29 is 9.53 Å². The SMILES string of the molecule is CN(C(=O)/C=C/c1ccccc1)[C@H]1[C@H]2[C@@H]3CCN2C[C@@H]1O3. The van der Waals surface area contributed by atoms with E-state index in [0.717, 1.165) is 25.1 Å². The normalized spacial score (nSPS) is 34.0. The molecule has 1 amide bonds. The molecule has 4 rings (SSSR count). The van der Waals surface area contributed by atoms with Gasteiger partial charge in [0, 0.05) is 26.2 Å². The van der Waals surface area contributed by atoms with Crippen LogP contribution in [0.1, 0.15) is 12.0 Å². The standard InChI is InChI=1S/C17H20N2O2/c1-18(15(20)8-7-12-5-3-2-4-6-12)16-14-11-19-10-9-13(21-14)17(16)19/h2-8,13-14,16-17H,9-11H2,1H3/b8-7+/t13-,14-,16+,17+/m0/s1. The third-order valence-corrected chi connectivity index (χ3v) is 5.01. The topological polar surface area (TPSA) is 32.8 Å². The Morgan fingerprint density at radius 2 is 2.14 bits per heavy atom. The number of carbonyl (C=O) groups is 1. The Kier molecular flexibility index (Phi) is 3.08. The second-order valence-corrected chi connectivity index (χ2v) is 6.17. The van der Waals surface area contributed by atoms with E-state index in [1.165, 1.54) is 0 Å². The highest BCUT2D eigenvalue weighted by Gasteiger charge is 2.58. The van der Waals surface area contributed by atoms with Gasteiger partial charge in [-0.2, -0.15) is 0 Å². The van der Waals surface area contributed by atoms with E-state index in [-0.39, 0.29) is 18.1 Å². The van der Waals surface area contributed by atoms with Gasteiger partial charge in [-0.1, -0.05) is 30.3 Å². The van der Waals surface area contributed by atoms with Crippen LogP contribution in [0.2, 0.25) is 0 Å². The van der Waals surface area contributed by atoms with Crippen LogP contribution in [0.15, 0.2) is 36.4 Å². The van der Waals surface area contributed by atoms with Crippen LogP contribution in [0.3, 0.4) is 0 Å². The summed E-state index contributed by atoms with van der Waals surface area (Å²) < 4.78 is 6.04. The molecule has 0 aliphatic carbocycles. The Morgan fingerprint density at radius 1 is 1.33 bits per heavy atom. The molecular formula is C17H20N2O2. The third kappa shape index (κ3) is 2.10. The maximum Gasteiger partial charge on any atom is 0.246 e. The van der Waals surface area contributed by atoms with Crippen LogP contribution in [-0.2, 0) is 9.53 Å². The van der Waals surface area contributed by atoms with Gasteiger partial charge in [-0.25, -0.2) is 0 Å². The van der Waals surface area contributed by atoms with E-state index >= 15 is 0 Å². The number of amides is 1. The summed E-state index contributed by atoms with van der Waals surface area (Å²) in [5, 5.41) is 0. The van der Waals surface area contributed by atoms with Crippen molar-refractivity contribution in [1.29, 1.82) is 0 Å². The summed E-state index contributed by atoms with van der Waals surface area (Å²) in [6.45, 7) is 2.09. The summed E-state index contributed by atoms with van der Waals surface area (Å²) in [7, 11) is 1.91. The fraction of sp³-hybridized carbons (Fsp3) is 0.471. The van der Waals surface area contributed by atoms with Gasteiger partial charge in [0.05, 0.1) is 24.3 Å². The van der Waals surface area contributed by atoms with Crippen LogP contribution >= 0.6 is 0 Å². The van der Waals surface area contributed by atoms with Gasteiger partial charge in [-0.3, -0.25) is 9.69 Å². The Bertz CT molecular complexity index is 557. The molecule has 3 aliphatic heterocycles. The number of benzene rings is 1. The largest absolute Gasteiger partial charge is 0.370 e. The lowest BCUT2D eigenvalue weighted by Gasteiger charge is -2.26. The zero-order valence-electron chi connectivity index (χ0n) is 12.2. The minimum Gasteiger partial charge on any atom is -0.370 e. The molecule has 1 aromatic carbocycles. The van der Waals surface area contributed by atoms with Gasteiger partial charge in [0.1, 0.15) is 0 Å². The van der Waals surface area contributed by atoms with Crippen molar-refractivity contribution in [3.8, 4) is 0 Å². The molecule has 0 aromatic heterocycles. The summed E-state index contributed by atoms with van der Waals surface area (Å²) in [5.41, 5.74) is 1.05. The Labute approximate surface area is 125 Å². The number of fused-ring (bicyclic) bond motifs is 1. The molecule has 3 aliphatic rings. The van der Waals surface area contributed by atoms with E-state index in [9.17, 15) is 4.79 Å². The molecule has 1 aromatic rings. The second-order valence-electron chi connectivity index (χ2n) is 6.17. The number of hydrogen-bond acceptors (Lipinski definition) is 3. The Hall–Kier alpha value is -1.65. The van der Waals surface area contributed by atoms with E-state index in [2.05, 4.69) is 4.90 Å². The number of carbonyl (C=O) groups excluding carboxylic acids is 1. The molecule has 4 heteroatoms. The van der Waals surface area contributed by atoms with Gasteiger partial charge in [0.25, 0.3) is 0 Å². The van der Waals surface area contributed by atoms with Crippen molar-refractivity contribution in [3.05, 3.63) is 42.0 Å². The van der Waals surface area contributed by atoms with Crippen LogP contribution < -0.4 is 0 Å². The van der Waals surface area contributed by atoms with Gasteiger partial charge in [0.2, 0.25) is 5.91 Å². The van der Waals surface area contributed by atoms with Gasteiger partial charge in [-0.05, 0) is 18.1 Å². The van der Waals surface area contributed by atoms with Crippen molar-refractivity contribution in [2.45, 2.75) is 30.7 Å². The number of likely N-dealkylation sites (N-methyl/N-ethyl adjacent to an activating group) is 1. The maximum atomic E-state index is 12.4. The first-order chi connectivity index (χ1) is 10.2. The smallest absolute Gasteiger partial charge is 0.246 e. The first-order valence-corrected chi connectivity index (χ1v) is 7.63. The summed E-state index contributed by atoms with van der Waals surface area (Å²) in [4.78, 5) is 16.8.